The number of aromatic hydroxyl groups is 1. The van der Waals surface area contributed by atoms with Crippen molar-refractivity contribution in [2.45, 2.75) is 38.0 Å². The molecule has 1 fully saturated rings. The molecule has 3 aliphatic carbocycles. The summed E-state index contributed by atoms with van der Waals surface area (Å²) in [6.07, 6.45) is -7.79. The van der Waals surface area contributed by atoms with Gasteiger partial charge in [-0.2, -0.15) is 26.3 Å². The molecule has 45 heavy (non-hydrogen) atoms. The van der Waals surface area contributed by atoms with Gasteiger partial charge in [0.2, 0.25) is 11.8 Å². The molecule has 0 bridgehead atoms. The number of ketones is 2. The summed E-state index contributed by atoms with van der Waals surface area (Å²) >= 11 is 0. The molecule has 6 rings (SSSR count). The molecular weight excluding hydrogens is 608 g/mol. The van der Waals surface area contributed by atoms with Crippen molar-refractivity contribution in [1.82, 2.24) is 0 Å². The highest BCUT2D eigenvalue weighted by Gasteiger charge is 2.57. The van der Waals surface area contributed by atoms with Crippen molar-refractivity contribution in [3.05, 3.63) is 87.5 Å². The Morgan fingerprint density at radius 3 is 2.13 bits per heavy atom. The quantitative estimate of drug-likeness (QED) is 0.191. The van der Waals surface area contributed by atoms with E-state index in [2.05, 4.69) is 0 Å². The first-order valence-electron chi connectivity index (χ1n) is 13.8. The van der Waals surface area contributed by atoms with E-state index in [9.17, 15) is 50.6 Å². The van der Waals surface area contributed by atoms with E-state index in [1.165, 1.54) is 38.3 Å². The van der Waals surface area contributed by atoms with Crippen LogP contribution in [-0.2, 0) is 31.5 Å². The molecule has 0 aromatic heterocycles. The Bertz CT molecular complexity index is 1770. The number of alkyl halides is 6. The summed E-state index contributed by atoms with van der Waals surface area (Å²) in [5, 5.41) is 10.2. The average molecular weight is 632 g/mol. The number of hydrogen-bond donors (Lipinski definition) is 1. The number of Topliss-reactive ketones (excluding diaryl/α,β-unsaturated/α-hetero) is 1. The monoisotopic (exact) mass is 631 g/mol. The Labute approximate surface area is 251 Å². The minimum absolute atomic E-state index is 0.0654. The van der Waals surface area contributed by atoms with Crippen molar-refractivity contribution in [2.75, 3.05) is 12.0 Å². The summed E-state index contributed by atoms with van der Waals surface area (Å²) in [7, 11) is 1.31. The highest BCUT2D eigenvalue weighted by molar-refractivity contribution is 6.25. The van der Waals surface area contributed by atoms with Crippen molar-refractivity contribution in [1.29, 1.82) is 0 Å². The average Bonchev–Trinajstić information content (AvgIpc) is 3.23. The number of phenols is 1. The van der Waals surface area contributed by atoms with E-state index in [4.69, 9.17) is 4.74 Å². The number of rotatable bonds is 3. The lowest BCUT2D eigenvalue weighted by Gasteiger charge is -2.42. The number of imide groups is 1. The lowest BCUT2D eigenvalue weighted by atomic mass is 9.59. The maximum absolute atomic E-state index is 14.0. The predicted octanol–water partition coefficient (Wildman–Crippen LogP) is 6.07. The molecule has 1 heterocycles. The number of anilines is 1. The molecule has 4 aliphatic rings. The highest BCUT2D eigenvalue weighted by atomic mass is 19.4. The fraction of sp³-hybridized carbons (Fsp3) is 0.312. The number of allylic oxidation sites excluding steroid dienone is 6. The van der Waals surface area contributed by atoms with E-state index in [-0.39, 0.29) is 47.1 Å². The van der Waals surface area contributed by atoms with E-state index in [1.54, 1.807) is 6.08 Å². The first-order chi connectivity index (χ1) is 21.0. The molecule has 1 saturated heterocycles. The number of amides is 2. The Hall–Kier alpha value is -4.68. The normalized spacial score (nSPS) is 25.1. The van der Waals surface area contributed by atoms with Crippen LogP contribution in [0.2, 0.25) is 0 Å². The zero-order chi connectivity index (χ0) is 32.7. The summed E-state index contributed by atoms with van der Waals surface area (Å²) in [4.78, 5) is 54.7. The second-order valence-corrected chi connectivity index (χ2v) is 11.4. The molecular formula is C32H23F6NO6. The first kappa shape index (κ1) is 30.4. The summed E-state index contributed by atoms with van der Waals surface area (Å²) in [6, 6.07) is 4.90. The number of fused-ring (bicyclic) bond motifs is 3. The molecule has 1 aliphatic heterocycles. The van der Waals surface area contributed by atoms with Crippen LogP contribution in [0, 0.1) is 17.8 Å². The van der Waals surface area contributed by atoms with Crippen LogP contribution in [-0.4, -0.2) is 35.6 Å². The summed E-state index contributed by atoms with van der Waals surface area (Å²) in [5.41, 5.74) is -2.87. The van der Waals surface area contributed by atoms with Crippen molar-refractivity contribution in [3.8, 4) is 11.5 Å². The number of hydrogen-bond acceptors (Lipinski definition) is 6. The van der Waals surface area contributed by atoms with Crippen LogP contribution in [0.1, 0.15) is 42.4 Å². The summed E-state index contributed by atoms with van der Waals surface area (Å²) in [5.74, 6) is -7.14. The van der Waals surface area contributed by atoms with E-state index in [0.29, 0.717) is 28.2 Å². The molecule has 2 aromatic carbocycles. The number of halogens is 6. The number of methoxy groups -OCH3 is 1. The molecule has 13 heteroatoms. The van der Waals surface area contributed by atoms with Crippen molar-refractivity contribution >= 4 is 29.1 Å². The van der Waals surface area contributed by atoms with Crippen LogP contribution in [0.3, 0.4) is 0 Å². The third-order valence-corrected chi connectivity index (χ3v) is 8.93. The third kappa shape index (κ3) is 4.75. The number of phenolic OH excluding ortho intramolecular Hbond substituents is 1. The van der Waals surface area contributed by atoms with Gasteiger partial charge in [-0.15, -0.1) is 0 Å². The molecule has 4 atom stereocenters. The van der Waals surface area contributed by atoms with Crippen molar-refractivity contribution in [2.24, 2.45) is 17.8 Å². The Morgan fingerprint density at radius 1 is 0.889 bits per heavy atom. The van der Waals surface area contributed by atoms with Gasteiger partial charge >= 0.3 is 12.4 Å². The number of carbonyl (C=O) groups excluding carboxylic acids is 4. The molecule has 7 nitrogen and oxygen atoms in total. The SMILES string of the molecule is COc1cc(C2C3=CCC4C(=O)N(c5cc(C(F)(F)F)cc(C(F)(F)F)c5)C(=O)C4C3CC3=C2C(=O)C=C(C)C3=O)ccc1O. The van der Waals surface area contributed by atoms with Gasteiger partial charge in [0.25, 0.3) is 0 Å². The van der Waals surface area contributed by atoms with E-state index >= 15 is 0 Å². The van der Waals surface area contributed by atoms with Crippen LogP contribution < -0.4 is 9.64 Å². The zero-order valence-electron chi connectivity index (χ0n) is 23.5. The Morgan fingerprint density at radius 2 is 1.53 bits per heavy atom. The summed E-state index contributed by atoms with van der Waals surface area (Å²) < 4.78 is 86.9. The largest absolute Gasteiger partial charge is 0.504 e. The lowest BCUT2D eigenvalue weighted by molar-refractivity contribution is -0.143. The topological polar surface area (TPSA) is 101 Å². The highest BCUT2D eigenvalue weighted by Crippen LogP contribution is 2.56. The fourth-order valence-electron chi connectivity index (χ4n) is 6.96. The molecule has 0 spiro atoms. The third-order valence-electron chi connectivity index (χ3n) is 8.93. The molecule has 2 aromatic rings. The van der Waals surface area contributed by atoms with E-state index in [1.807, 2.05) is 0 Å². The number of benzene rings is 2. The van der Waals surface area contributed by atoms with Crippen molar-refractivity contribution < 1.29 is 55.4 Å². The van der Waals surface area contributed by atoms with Crippen LogP contribution >= 0.6 is 0 Å². The maximum Gasteiger partial charge on any atom is 0.416 e. The summed E-state index contributed by atoms with van der Waals surface area (Å²) in [6.45, 7) is 1.45. The Balaban J connectivity index is 1.48. The van der Waals surface area contributed by atoms with Gasteiger partial charge in [-0.1, -0.05) is 17.7 Å². The van der Waals surface area contributed by atoms with Crippen LogP contribution in [0.15, 0.2) is 70.8 Å². The molecule has 4 unspecified atom stereocenters. The first-order valence-corrected chi connectivity index (χ1v) is 13.8. The predicted molar refractivity (Wildman–Crippen MR) is 145 cm³/mol. The minimum atomic E-state index is -5.20. The maximum atomic E-state index is 14.0. The van der Waals surface area contributed by atoms with Gasteiger partial charge in [0.05, 0.1) is 35.8 Å². The second kappa shape index (κ2) is 10.2. The smallest absolute Gasteiger partial charge is 0.416 e. The van der Waals surface area contributed by atoms with E-state index < -0.39 is 76.2 Å². The van der Waals surface area contributed by atoms with Crippen LogP contribution in [0.5, 0.6) is 11.5 Å². The van der Waals surface area contributed by atoms with Gasteiger partial charge in [-0.25, -0.2) is 4.90 Å². The van der Waals surface area contributed by atoms with Crippen LogP contribution in [0.25, 0.3) is 0 Å². The number of carbonyl (C=O) groups is 4. The number of ether oxygens (including phenoxy) is 1. The molecule has 234 valence electrons. The standard InChI is InChI=1S/C32H23F6NO6/c1-13-7-23(41)27-21(28(13)42)12-20-18(25(27)14-3-6-22(40)24(8-14)45-2)4-5-19-26(20)30(44)39(29(19)43)17-10-15(31(33,34)35)9-16(11-17)32(36,37)38/h3-4,6-11,19-20,25-26,40H,5,12H2,1-2H3. The zero-order valence-corrected chi connectivity index (χ0v) is 23.5. The van der Waals surface area contributed by atoms with Crippen molar-refractivity contribution in [3.63, 3.8) is 0 Å². The van der Waals surface area contributed by atoms with E-state index in [0.717, 1.165) is 0 Å². The van der Waals surface area contributed by atoms with Gasteiger partial charge in [-0.3, -0.25) is 19.2 Å². The Kier molecular flexibility index (Phi) is 6.86. The van der Waals surface area contributed by atoms with Gasteiger partial charge in [-0.05, 0) is 67.7 Å². The molecule has 0 saturated carbocycles. The van der Waals surface area contributed by atoms with Gasteiger partial charge < -0.3 is 9.84 Å². The minimum Gasteiger partial charge on any atom is -0.504 e. The van der Waals surface area contributed by atoms with Gasteiger partial charge in [0, 0.05) is 22.6 Å². The molecule has 0 radical (unpaired) electrons. The molecule has 1 N–H and O–H groups in total. The second-order valence-electron chi connectivity index (χ2n) is 11.4. The number of nitrogens with zero attached hydrogens (tertiary/aromatic N) is 1. The lowest BCUT2D eigenvalue weighted by Crippen LogP contribution is -2.39. The van der Waals surface area contributed by atoms with Gasteiger partial charge in [0.15, 0.2) is 23.1 Å². The van der Waals surface area contributed by atoms with Gasteiger partial charge in [0.1, 0.15) is 0 Å². The van der Waals surface area contributed by atoms with Crippen LogP contribution in [0.4, 0.5) is 32.0 Å². The fourth-order valence-corrected chi connectivity index (χ4v) is 6.96. The molecule has 2 amide bonds.